The Morgan fingerprint density at radius 1 is 0.250 bits per heavy atom. The van der Waals surface area contributed by atoms with E-state index in [-0.39, 0.29) is 0 Å². The Kier molecular flexibility index (Phi) is 7.49. The molecule has 1 aromatic heterocycles. The van der Waals surface area contributed by atoms with E-state index >= 15 is 0 Å². The van der Waals surface area contributed by atoms with Crippen LogP contribution in [0.15, 0.2) is 200 Å². The summed E-state index contributed by atoms with van der Waals surface area (Å²) < 4.78 is 0. The molecule has 0 aliphatic heterocycles. The van der Waals surface area contributed by atoms with Gasteiger partial charge in [-0.05, 0) is 95.4 Å². The van der Waals surface area contributed by atoms with E-state index in [0.29, 0.717) is 17.5 Å². The first-order chi connectivity index (χ1) is 27.7. The molecule has 260 valence electrons. The van der Waals surface area contributed by atoms with Crippen molar-refractivity contribution in [2.45, 2.75) is 0 Å². The maximum atomic E-state index is 5.04. The van der Waals surface area contributed by atoms with Gasteiger partial charge in [-0.2, -0.15) is 0 Å². The molecule has 0 saturated carbocycles. The Morgan fingerprint density at radius 3 is 1.48 bits per heavy atom. The monoisotopic (exact) mass is 711 g/mol. The third kappa shape index (κ3) is 5.40. The molecule has 0 radical (unpaired) electrons. The van der Waals surface area contributed by atoms with Crippen LogP contribution in [-0.2, 0) is 0 Å². The van der Waals surface area contributed by atoms with Crippen LogP contribution in [-0.4, -0.2) is 15.0 Å². The number of nitrogens with zero attached hydrogens (tertiary/aromatic N) is 3. The van der Waals surface area contributed by atoms with Gasteiger partial charge in [-0.1, -0.05) is 182 Å². The van der Waals surface area contributed by atoms with Gasteiger partial charge in [0.1, 0.15) is 0 Å². The predicted octanol–water partition coefficient (Wildman–Crippen LogP) is 13.8. The van der Waals surface area contributed by atoms with Gasteiger partial charge in [0.05, 0.1) is 0 Å². The summed E-state index contributed by atoms with van der Waals surface area (Å²) in [6.07, 6.45) is 0. The van der Waals surface area contributed by atoms with Gasteiger partial charge in [0, 0.05) is 16.7 Å². The Morgan fingerprint density at radius 2 is 0.750 bits per heavy atom. The Bertz CT molecular complexity index is 3070. The van der Waals surface area contributed by atoms with E-state index < -0.39 is 0 Å². The van der Waals surface area contributed by atoms with E-state index in [1.165, 1.54) is 66.1 Å². The van der Waals surface area contributed by atoms with E-state index in [4.69, 9.17) is 15.0 Å². The highest BCUT2D eigenvalue weighted by atomic mass is 15.0. The van der Waals surface area contributed by atoms with E-state index in [1.54, 1.807) is 0 Å². The van der Waals surface area contributed by atoms with E-state index in [1.807, 2.05) is 60.7 Å². The van der Waals surface area contributed by atoms with Crippen LogP contribution in [0.25, 0.3) is 111 Å². The zero-order valence-electron chi connectivity index (χ0n) is 30.4. The summed E-state index contributed by atoms with van der Waals surface area (Å²) in [5, 5.41) is 5.05. The van der Waals surface area contributed by atoms with Crippen LogP contribution in [0.4, 0.5) is 0 Å². The van der Waals surface area contributed by atoms with Crippen LogP contribution >= 0.6 is 0 Å². The van der Waals surface area contributed by atoms with Crippen molar-refractivity contribution in [1.82, 2.24) is 15.0 Å². The summed E-state index contributed by atoms with van der Waals surface area (Å²) in [4.78, 5) is 15.0. The summed E-state index contributed by atoms with van der Waals surface area (Å²) in [6, 6.07) is 71.3. The molecule has 9 aromatic carbocycles. The molecule has 0 saturated heterocycles. The van der Waals surface area contributed by atoms with Crippen molar-refractivity contribution >= 4 is 21.5 Å². The second-order valence-corrected chi connectivity index (χ2v) is 14.4. The fourth-order valence-corrected chi connectivity index (χ4v) is 8.41. The fraction of sp³-hybridized carbons (Fsp3) is 0. The molecule has 0 spiro atoms. The number of fused-ring (bicyclic) bond motifs is 4. The minimum Gasteiger partial charge on any atom is -0.208 e. The quantitative estimate of drug-likeness (QED) is 0.172. The smallest absolute Gasteiger partial charge is 0.164 e. The average Bonchev–Trinajstić information content (AvgIpc) is 3.60. The highest BCUT2D eigenvalue weighted by Crippen LogP contribution is 2.48. The molecule has 0 unspecified atom stereocenters. The van der Waals surface area contributed by atoms with Gasteiger partial charge in [-0.3, -0.25) is 0 Å². The SMILES string of the molecule is c1ccc(-c2nc(-c3ccccc3)nc(-c3cccc(-c4ccc5ccccc5c4-c4cccc(-c5ccc6c(c5)-c5cccc7cccc-6c57)c4)c3)n2)cc1. The van der Waals surface area contributed by atoms with Gasteiger partial charge in [-0.15, -0.1) is 0 Å². The molecule has 0 fully saturated rings. The van der Waals surface area contributed by atoms with Gasteiger partial charge in [-0.25, -0.2) is 15.0 Å². The molecular weight excluding hydrogens is 679 g/mol. The molecule has 56 heavy (non-hydrogen) atoms. The van der Waals surface area contributed by atoms with Crippen LogP contribution in [0, 0.1) is 0 Å². The molecule has 1 aliphatic carbocycles. The van der Waals surface area contributed by atoms with Gasteiger partial charge in [0.2, 0.25) is 0 Å². The van der Waals surface area contributed by atoms with Crippen LogP contribution in [0.3, 0.4) is 0 Å². The second-order valence-electron chi connectivity index (χ2n) is 14.4. The van der Waals surface area contributed by atoms with Crippen LogP contribution in [0.5, 0.6) is 0 Å². The van der Waals surface area contributed by atoms with Crippen molar-refractivity contribution in [3.63, 3.8) is 0 Å². The Labute approximate surface area is 325 Å². The van der Waals surface area contributed by atoms with Gasteiger partial charge in [0.15, 0.2) is 17.5 Å². The highest BCUT2D eigenvalue weighted by molar-refractivity contribution is 6.15. The van der Waals surface area contributed by atoms with Crippen molar-refractivity contribution in [1.29, 1.82) is 0 Å². The molecule has 0 atom stereocenters. The molecular formula is C53H33N3. The predicted molar refractivity (Wildman–Crippen MR) is 232 cm³/mol. The number of aromatic nitrogens is 3. The summed E-state index contributed by atoms with van der Waals surface area (Å²) in [5.74, 6) is 1.93. The molecule has 3 heteroatoms. The van der Waals surface area contributed by atoms with Gasteiger partial charge >= 0.3 is 0 Å². The first-order valence-electron chi connectivity index (χ1n) is 19.0. The first-order valence-corrected chi connectivity index (χ1v) is 19.0. The summed E-state index contributed by atoms with van der Waals surface area (Å²) in [6.45, 7) is 0. The van der Waals surface area contributed by atoms with Crippen LogP contribution < -0.4 is 0 Å². The van der Waals surface area contributed by atoms with Crippen molar-refractivity contribution < 1.29 is 0 Å². The zero-order chi connectivity index (χ0) is 37.0. The van der Waals surface area contributed by atoms with Crippen molar-refractivity contribution in [2.24, 2.45) is 0 Å². The Hall–Kier alpha value is -7.49. The fourth-order valence-electron chi connectivity index (χ4n) is 8.41. The van der Waals surface area contributed by atoms with E-state index in [0.717, 1.165) is 27.8 Å². The topological polar surface area (TPSA) is 38.7 Å². The standard InChI is InChI=1S/C53H33N3/c1-3-14-36(15-4-1)51-54-52(37-16-5-2-6-17-37)56-53(55-51)42-23-10-21-40(32-42)44-29-27-34-13-7-8-24-43(34)50(44)41-22-9-20-38(31-41)39-28-30-45-46-25-11-18-35-19-12-26-47(49(35)46)48(45)33-39/h1-33H. The van der Waals surface area contributed by atoms with Crippen LogP contribution in [0.2, 0.25) is 0 Å². The lowest BCUT2D eigenvalue weighted by molar-refractivity contribution is 1.07. The average molecular weight is 712 g/mol. The largest absolute Gasteiger partial charge is 0.208 e. The molecule has 3 nitrogen and oxygen atoms in total. The van der Waals surface area contributed by atoms with Gasteiger partial charge in [0.25, 0.3) is 0 Å². The summed E-state index contributed by atoms with van der Waals surface area (Å²) in [5.41, 5.74) is 15.1. The summed E-state index contributed by atoms with van der Waals surface area (Å²) >= 11 is 0. The van der Waals surface area contributed by atoms with Crippen molar-refractivity contribution in [3.05, 3.63) is 200 Å². The van der Waals surface area contributed by atoms with E-state index in [9.17, 15) is 0 Å². The normalized spacial score (nSPS) is 11.6. The molecule has 10 aromatic rings. The maximum absolute atomic E-state index is 5.04. The minimum absolute atomic E-state index is 0.637. The molecule has 1 aliphatic rings. The van der Waals surface area contributed by atoms with Gasteiger partial charge < -0.3 is 0 Å². The number of benzene rings is 9. The van der Waals surface area contributed by atoms with Crippen LogP contribution in [0.1, 0.15) is 0 Å². The van der Waals surface area contributed by atoms with Crippen molar-refractivity contribution in [2.75, 3.05) is 0 Å². The number of hydrogen-bond donors (Lipinski definition) is 0. The highest BCUT2D eigenvalue weighted by Gasteiger charge is 2.22. The molecule has 11 rings (SSSR count). The second kappa shape index (κ2) is 13.1. The molecule has 0 N–H and O–H groups in total. The third-order valence-corrected chi connectivity index (χ3v) is 11.0. The summed E-state index contributed by atoms with van der Waals surface area (Å²) in [7, 11) is 0. The molecule has 1 heterocycles. The minimum atomic E-state index is 0.637. The zero-order valence-corrected chi connectivity index (χ0v) is 30.4. The number of rotatable bonds is 6. The lowest BCUT2D eigenvalue weighted by Crippen LogP contribution is -2.00. The molecule has 0 amide bonds. The lowest BCUT2D eigenvalue weighted by atomic mass is 9.88. The number of hydrogen-bond acceptors (Lipinski definition) is 3. The molecule has 0 bridgehead atoms. The van der Waals surface area contributed by atoms with Crippen molar-refractivity contribution in [3.8, 4) is 89.8 Å². The maximum Gasteiger partial charge on any atom is 0.164 e. The Balaban J connectivity index is 1.04. The lowest BCUT2D eigenvalue weighted by Gasteiger charge is -2.16. The van der Waals surface area contributed by atoms with E-state index in [2.05, 4.69) is 140 Å². The first kappa shape index (κ1) is 32.0. The third-order valence-electron chi connectivity index (χ3n) is 11.0.